The first-order valence-corrected chi connectivity index (χ1v) is 9.38. The summed E-state index contributed by atoms with van der Waals surface area (Å²) in [7, 11) is 0. The molecule has 9 heteroatoms. The fourth-order valence-electron chi connectivity index (χ4n) is 2.74. The van der Waals surface area contributed by atoms with Crippen molar-refractivity contribution in [3.05, 3.63) is 64.2 Å². The Bertz CT molecular complexity index is 874. The zero-order valence-corrected chi connectivity index (χ0v) is 16.8. The zero-order valence-electron chi connectivity index (χ0n) is 16.8. The summed E-state index contributed by atoms with van der Waals surface area (Å²) < 4.78 is 10.1. The maximum atomic E-state index is 11.0. The molecule has 0 aliphatic rings. The minimum absolute atomic E-state index is 0.00755. The van der Waals surface area contributed by atoms with Gasteiger partial charge in [0.15, 0.2) is 0 Å². The highest BCUT2D eigenvalue weighted by molar-refractivity contribution is 5.66. The number of hydrogen-bond acceptors (Lipinski definition) is 8. The fourth-order valence-corrected chi connectivity index (χ4v) is 2.74. The van der Waals surface area contributed by atoms with Crippen molar-refractivity contribution in [2.75, 3.05) is 13.2 Å². The van der Waals surface area contributed by atoms with Crippen LogP contribution in [0.3, 0.4) is 0 Å². The van der Waals surface area contributed by atoms with E-state index in [1.54, 1.807) is 12.1 Å². The quantitative estimate of drug-likeness (QED) is 0.234. The summed E-state index contributed by atoms with van der Waals surface area (Å²) >= 11 is 0. The molecule has 0 atom stereocenters. The Hall–Kier alpha value is -3.62. The number of carbonyl (C=O) groups is 2. The molecule has 0 unspecified atom stereocenters. The van der Waals surface area contributed by atoms with Crippen LogP contribution in [-0.2, 0) is 19.1 Å². The third-order valence-electron chi connectivity index (χ3n) is 4.25. The molecule has 0 spiro atoms. The van der Waals surface area contributed by atoms with E-state index in [0.717, 1.165) is 5.56 Å². The van der Waals surface area contributed by atoms with Crippen LogP contribution in [0.4, 0.5) is 17.1 Å². The maximum Gasteiger partial charge on any atom is 0.302 e. The highest BCUT2D eigenvalue weighted by atomic mass is 16.6. The molecule has 2 aromatic carbocycles. The molecular formula is C21H23N3O6. The van der Waals surface area contributed by atoms with Crippen molar-refractivity contribution in [2.45, 2.75) is 32.6 Å². The minimum atomic E-state index is -0.473. The van der Waals surface area contributed by atoms with Gasteiger partial charge in [-0.25, -0.2) is 0 Å². The number of rotatable bonds is 10. The Morgan fingerprint density at radius 3 is 1.70 bits per heavy atom. The lowest BCUT2D eigenvalue weighted by Gasteiger charge is -2.17. The Morgan fingerprint density at radius 1 is 0.867 bits per heavy atom. The van der Waals surface area contributed by atoms with Gasteiger partial charge in [-0.15, -0.1) is 0 Å². The highest BCUT2D eigenvalue weighted by Crippen LogP contribution is 2.27. The smallest absolute Gasteiger partial charge is 0.302 e. The summed E-state index contributed by atoms with van der Waals surface area (Å²) in [6.45, 7) is 3.28. The van der Waals surface area contributed by atoms with Gasteiger partial charge in [-0.3, -0.25) is 19.7 Å². The molecule has 0 aromatic heterocycles. The van der Waals surface area contributed by atoms with E-state index < -0.39 is 4.92 Å². The Labute approximate surface area is 173 Å². The molecule has 0 saturated carbocycles. The minimum Gasteiger partial charge on any atom is -0.466 e. The molecule has 9 nitrogen and oxygen atoms in total. The summed E-state index contributed by atoms with van der Waals surface area (Å²) in [5, 5.41) is 18.9. The van der Waals surface area contributed by atoms with Crippen LogP contribution in [0, 0.1) is 10.1 Å². The number of esters is 2. The highest BCUT2D eigenvalue weighted by Gasteiger charge is 2.13. The SMILES string of the molecule is CC(=O)OCCC(CCOC(C)=O)c1ccc(/N=N/c2ccc([N+](=O)[O-])cc2)cc1. The van der Waals surface area contributed by atoms with Gasteiger partial charge in [-0.1, -0.05) is 12.1 Å². The lowest BCUT2D eigenvalue weighted by molar-refractivity contribution is -0.384. The van der Waals surface area contributed by atoms with E-state index in [-0.39, 0.29) is 36.8 Å². The molecule has 0 aliphatic heterocycles. The monoisotopic (exact) mass is 413 g/mol. The van der Waals surface area contributed by atoms with Crippen LogP contribution in [0.25, 0.3) is 0 Å². The second kappa shape index (κ2) is 11.4. The molecule has 30 heavy (non-hydrogen) atoms. The molecule has 0 fully saturated rings. The number of nitro benzene ring substituents is 1. The van der Waals surface area contributed by atoms with Gasteiger partial charge < -0.3 is 9.47 Å². The second-order valence-electron chi connectivity index (χ2n) is 6.52. The van der Waals surface area contributed by atoms with Crippen LogP contribution in [0.1, 0.15) is 38.2 Å². The summed E-state index contributed by atoms with van der Waals surface area (Å²) in [6, 6.07) is 13.2. The van der Waals surface area contributed by atoms with Crippen molar-refractivity contribution in [2.24, 2.45) is 10.2 Å². The number of ether oxygens (including phenoxy) is 2. The normalized spacial score (nSPS) is 10.9. The molecule has 0 N–H and O–H groups in total. The van der Waals surface area contributed by atoms with Crippen molar-refractivity contribution >= 4 is 29.0 Å². The number of carbonyl (C=O) groups excluding carboxylic acids is 2. The second-order valence-corrected chi connectivity index (χ2v) is 6.52. The molecule has 0 amide bonds. The summed E-state index contributed by atoms with van der Waals surface area (Å²) in [4.78, 5) is 32.2. The first-order valence-electron chi connectivity index (χ1n) is 9.38. The van der Waals surface area contributed by atoms with E-state index in [2.05, 4.69) is 10.2 Å². The van der Waals surface area contributed by atoms with Crippen molar-refractivity contribution in [1.29, 1.82) is 0 Å². The third kappa shape index (κ3) is 7.78. The molecule has 0 aliphatic carbocycles. The van der Waals surface area contributed by atoms with Crippen LogP contribution in [0.2, 0.25) is 0 Å². The maximum absolute atomic E-state index is 11.0. The summed E-state index contributed by atoms with van der Waals surface area (Å²) in [6.07, 6.45) is 1.20. The number of nitro groups is 1. The average molecular weight is 413 g/mol. The van der Waals surface area contributed by atoms with E-state index in [4.69, 9.17) is 9.47 Å². The zero-order chi connectivity index (χ0) is 21.9. The van der Waals surface area contributed by atoms with Crippen LogP contribution < -0.4 is 0 Å². The number of azo groups is 1. The van der Waals surface area contributed by atoms with Gasteiger partial charge in [0.05, 0.1) is 29.5 Å². The molecule has 0 bridgehead atoms. The predicted octanol–water partition coefficient (Wildman–Crippen LogP) is 5.00. The van der Waals surface area contributed by atoms with Gasteiger partial charge in [-0.05, 0) is 48.6 Å². The van der Waals surface area contributed by atoms with Crippen LogP contribution in [0.5, 0.6) is 0 Å². The van der Waals surface area contributed by atoms with Gasteiger partial charge in [0.1, 0.15) is 0 Å². The van der Waals surface area contributed by atoms with Crippen molar-refractivity contribution in [3.8, 4) is 0 Å². The first kappa shape index (κ1) is 22.7. The Morgan fingerprint density at radius 2 is 1.30 bits per heavy atom. The third-order valence-corrected chi connectivity index (χ3v) is 4.25. The number of non-ortho nitro benzene ring substituents is 1. The lowest BCUT2D eigenvalue weighted by atomic mass is 9.93. The van der Waals surface area contributed by atoms with Gasteiger partial charge in [0.2, 0.25) is 0 Å². The van der Waals surface area contributed by atoms with E-state index in [0.29, 0.717) is 24.2 Å². The largest absolute Gasteiger partial charge is 0.466 e. The molecule has 0 heterocycles. The molecule has 2 rings (SSSR count). The van der Waals surface area contributed by atoms with E-state index in [1.165, 1.54) is 38.1 Å². The number of nitrogens with zero attached hydrogens (tertiary/aromatic N) is 3. The van der Waals surface area contributed by atoms with Crippen molar-refractivity contribution in [3.63, 3.8) is 0 Å². The van der Waals surface area contributed by atoms with Crippen LogP contribution in [0.15, 0.2) is 58.8 Å². The van der Waals surface area contributed by atoms with Crippen LogP contribution in [-0.4, -0.2) is 30.1 Å². The van der Waals surface area contributed by atoms with Crippen molar-refractivity contribution in [1.82, 2.24) is 0 Å². The van der Waals surface area contributed by atoms with Gasteiger partial charge in [-0.2, -0.15) is 10.2 Å². The average Bonchev–Trinajstić information content (AvgIpc) is 2.71. The number of hydrogen-bond donors (Lipinski definition) is 0. The number of benzene rings is 2. The standard InChI is InChI=1S/C21H23N3O6/c1-15(25)29-13-11-18(12-14-30-16(2)26)17-3-5-19(6-4-17)22-23-20-7-9-21(10-8-20)24(27)28/h3-10,18H,11-14H2,1-2H3/b23-22+. The van der Waals surface area contributed by atoms with Crippen molar-refractivity contribution < 1.29 is 24.0 Å². The van der Waals surface area contributed by atoms with Gasteiger partial charge in [0.25, 0.3) is 5.69 Å². The Balaban J connectivity index is 2.03. The van der Waals surface area contributed by atoms with Gasteiger partial charge >= 0.3 is 11.9 Å². The molecule has 2 aromatic rings. The fraction of sp³-hybridized carbons (Fsp3) is 0.333. The summed E-state index contributed by atoms with van der Waals surface area (Å²) in [5.74, 6) is -0.629. The lowest BCUT2D eigenvalue weighted by Crippen LogP contribution is -2.10. The molecule has 158 valence electrons. The van der Waals surface area contributed by atoms with E-state index in [9.17, 15) is 19.7 Å². The van der Waals surface area contributed by atoms with Gasteiger partial charge in [0, 0.05) is 26.0 Å². The van der Waals surface area contributed by atoms with E-state index >= 15 is 0 Å². The Kier molecular flexibility index (Phi) is 8.61. The first-order chi connectivity index (χ1) is 14.3. The van der Waals surface area contributed by atoms with Crippen LogP contribution >= 0.6 is 0 Å². The molecular weight excluding hydrogens is 390 g/mol. The predicted molar refractivity (Wildman–Crippen MR) is 109 cm³/mol. The summed E-state index contributed by atoms with van der Waals surface area (Å²) in [5.41, 5.74) is 2.12. The molecule has 0 radical (unpaired) electrons. The topological polar surface area (TPSA) is 120 Å². The molecule has 0 saturated heterocycles. The van der Waals surface area contributed by atoms with E-state index in [1.807, 2.05) is 12.1 Å².